The standard InChI is InChI=1S/C12H8Cl2O6S3/c13-9-3-1-7(5-11(9)21(15)16)23(19,20)8-2-4-10(14)12(6-8)22(17)18/h1-6H,(H,15,16)(H,17,18)/p-2. The van der Waals surface area contributed by atoms with Crippen LogP contribution in [0.4, 0.5) is 0 Å². The van der Waals surface area contributed by atoms with Gasteiger partial charge in [-0.1, -0.05) is 23.2 Å². The number of sulfone groups is 1. The maximum absolute atomic E-state index is 12.5. The number of rotatable bonds is 4. The first kappa shape index (κ1) is 18.5. The first-order valence-electron chi connectivity index (χ1n) is 5.67. The Kier molecular flexibility index (Phi) is 5.62. The first-order valence-corrected chi connectivity index (χ1v) is 10.1. The molecule has 124 valence electrons. The van der Waals surface area contributed by atoms with Crippen molar-refractivity contribution < 1.29 is 25.9 Å². The summed E-state index contributed by atoms with van der Waals surface area (Å²) in [7, 11) is -4.15. The van der Waals surface area contributed by atoms with Gasteiger partial charge in [0.25, 0.3) is 0 Å². The molecule has 23 heavy (non-hydrogen) atoms. The van der Waals surface area contributed by atoms with E-state index in [1.54, 1.807) is 0 Å². The van der Waals surface area contributed by atoms with Gasteiger partial charge in [-0.15, -0.1) is 0 Å². The van der Waals surface area contributed by atoms with Crippen molar-refractivity contribution in [1.29, 1.82) is 0 Å². The lowest BCUT2D eigenvalue weighted by Gasteiger charge is -2.13. The zero-order valence-electron chi connectivity index (χ0n) is 10.9. The lowest BCUT2D eigenvalue weighted by Crippen LogP contribution is -2.05. The number of hydrogen-bond acceptors (Lipinski definition) is 6. The molecule has 0 aliphatic heterocycles. The summed E-state index contributed by atoms with van der Waals surface area (Å²) in [4.78, 5) is -1.44. The lowest BCUT2D eigenvalue weighted by molar-refractivity contribution is 0.535. The molecule has 0 saturated heterocycles. The molecule has 0 aromatic heterocycles. The molecule has 6 nitrogen and oxygen atoms in total. The maximum Gasteiger partial charge on any atom is 0.206 e. The van der Waals surface area contributed by atoms with Crippen LogP contribution in [0.15, 0.2) is 56.0 Å². The van der Waals surface area contributed by atoms with Crippen LogP contribution in [0.5, 0.6) is 0 Å². The number of halogens is 2. The van der Waals surface area contributed by atoms with Gasteiger partial charge < -0.3 is 9.11 Å². The SMILES string of the molecule is O=S([O-])c1cc(S(=O)(=O)c2ccc(Cl)c(S(=O)[O-])c2)ccc1Cl. The van der Waals surface area contributed by atoms with Gasteiger partial charge in [0.2, 0.25) is 9.84 Å². The Bertz CT molecular complexity index is 857. The molecule has 0 spiro atoms. The fourth-order valence-corrected chi connectivity index (χ4v) is 4.67. The first-order chi connectivity index (χ1) is 10.6. The second-order valence-electron chi connectivity index (χ2n) is 4.16. The van der Waals surface area contributed by atoms with E-state index in [4.69, 9.17) is 23.2 Å². The summed E-state index contributed by atoms with van der Waals surface area (Å²) >= 11 is 5.93. The molecule has 0 heterocycles. The molecule has 0 saturated carbocycles. The number of benzene rings is 2. The van der Waals surface area contributed by atoms with Crippen LogP contribution in [-0.2, 0) is 32.0 Å². The quantitative estimate of drug-likeness (QED) is 0.711. The summed E-state index contributed by atoms with van der Waals surface area (Å²) in [5, 5.41) is -0.260. The number of hydrogen-bond donors (Lipinski definition) is 0. The zero-order chi connectivity index (χ0) is 17.4. The highest BCUT2D eigenvalue weighted by molar-refractivity contribution is 7.91. The zero-order valence-corrected chi connectivity index (χ0v) is 14.9. The summed E-state index contributed by atoms with van der Waals surface area (Å²) in [6.07, 6.45) is 0. The summed E-state index contributed by atoms with van der Waals surface area (Å²) in [5.74, 6) is 0. The second kappa shape index (κ2) is 6.98. The van der Waals surface area contributed by atoms with E-state index in [0.717, 1.165) is 36.4 Å². The second-order valence-corrected chi connectivity index (χ2v) is 8.74. The molecular formula is C12H6Cl2O6S3-2. The van der Waals surface area contributed by atoms with Gasteiger partial charge in [-0.3, -0.25) is 8.42 Å². The normalized spacial score (nSPS) is 14.4. The Hall–Kier alpha value is -0.810. The Morgan fingerprint density at radius 3 is 1.43 bits per heavy atom. The van der Waals surface area contributed by atoms with Crippen molar-refractivity contribution in [2.24, 2.45) is 0 Å². The molecular weight excluding hydrogens is 407 g/mol. The third kappa shape index (κ3) is 3.82. The van der Waals surface area contributed by atoms with Gasteiger partial charge in [-0.05, 0) is 58.6 Å². The summed E-state index contributed by atoms with van der Waals surface area (Å²) in [5.41, 5.74) is 0. The van der Waals surface area contributed by atoms with Crippen molar-refractivity contribution >= 4 is 55.2 Å². The monoisotopic (exact) mass is 412 g/mol. The highest BCUT2D eigenvalue weighted by atomic mass is 35.5. The van der Waals surface area contributed by atoms with E-state index in [0.29, 0.717) is 0 Å². The summed E-state index contributed by atoms with van der Waals surface area (Å²) < 4.78 is 69.2. The Morgan fingerprint density at radius 2 is 1.13 bits per heavy atom. The third-order valence-corrected chi connectivity index (χ3v) is 6.81. The molecule has 0 radical (unpaired) electrons. The Labute approximate surface area is 146 Å². The van der Waals surface area contributed by atoms with Gasteiger partial charge in [-0.25, -0.2) is 8.42 Å². The van der Waals surface area contributed by atoms with E-state index in [1.165, 1.54) is 0 Å². The molecule has 0 fully saturated rings. The van der Waals surface area contributed by atoms with E-state index >= 15 is 0 Å². The van der Waals surface area contributed by atoms with Gasteiger partial charge in [0.05, 0.1) is 19.8 Å². The largest absolute Gasteiger partial charge is 0.768 e. The third-order valence-electron chi connectivity index (χ3n) is 2.79. The molecule has 0 N–H and O–H groups in total. The molecule has 2 unspecified atom stereocenters. The highest BCUT2D eigenvalue weighted by Gasteiger charge is 2.20. The minimum absolute atomic E-state index is 0.130. The average molecular weight is 413 g/mol. The lowest BCUT2D eigenvalue weighted by atomic mass is 10.3. The topological polar surface area (TPSA) is 114 Å². The Balaban J connectivity index is 2.64. The van der Waals surface area contributed by atoms with Crippen LogP contribution in [0.1, 0.15) is 0 Å². The van der Waals surface area contributed by atoms with Gasteiger partial charge in [0.1, 0.15) is 0 Å². The van der Waals surface area contributed by atoms with Gasteiger partial charge in [0, 0.05) is 9.79 Å². The minimum Gasteiger partial charge on any atom is -0.768 e. The van der Waals surface area contributed by atoms with Crippen molar-refractivity contribution in [3.8, 4) is 0 Å². The maximum atomic E-state index is 12.5. The van der Waals surface area contributed by atoms with E-state index in [2.05, 4.69) is 0 Å². The van der Waals surface area contributed by atoms with Crippen molar-refractivity contribution in [3.63, 3.8) is 0 Å². The smallest absolute Gasteiger partial charge is 0.206 e. The van der Waals surface area contributed by atoms with E-state index in [-0.39, 0.29) is 29.6 Å². The van der Waals surface area contributed by atoms with Gasteiger partial charge in [0.15, 0.2) is 0 Å². The van der Waals surface area contributed by atoms with Crippen LogP contribution in [0.3, 0.4) is 0 Å². The molecule has 0 aliphatic rings. The van der Waals surface area contributed by atoms with E-state index in [9.17, 15) is 25.9 Å². The van der Waals surface area contributed by atoms with Crippen LogP contribution in [0.2, 0.25) is 10.0 Å². The molecule has 2 aromatic rings. The molecule has 0 aliphatic carbocycles. The Morgan fingerprint density at radius 1 is 0.783 bits per heavy atom. The van der Waals surface area contributed by atoms with Crippen molar-refractivity contribution in [1.82, 2.24) is 0 Å². The minimum atomic E-state index is -4.15. The fourth-order valence-electron chi connectivity index (χ4n) is 1.69. The summed E-state index contributed by atoms with van der Waals surface area (Å²) in [6, 6.07) is 6.28. The average Bonchev–Trinajstić information content (AvgIpc) is 2.47. The van der Waals surface area contributed by atoms with Crippen molar-refractivity contribution in [3.05, 3.63) is 46.4 Å². The predicted octanol–water partition coefficient (Wildman–Crippen LogP) is 2.30. The molecule has 11 heteroatoms. The van der Waals surface area contributed by atoms with E-state index in [1.807, 2.05) is 0 Å². The van der Waals surface area contributed by atoms with Crippen molar-refractivity contribution in [2.75, 3.05) is 0 Å². The van der Waals surface area contributed by atoms with Crippen molar-refractivity contribution in [2.45, 2.75) is 19.6 Å². The van der Waals surface area contributed by atoms with Crippen LogP contribution in [-0.4, -0.2) is 25.9 Å². The van der Waals surface area contributed by atoms with Crippen LogP contribution in [0.25, 0.3) is 0 Å². The molecule has 2 rings (SSSR count). The molecule has 0 bridgehead atoms. The molecule has 2 aromatic carbocycles. The van der Waals surface area contributed by atoms with Crippen LogP contribution >= 0.6 is 23.2 Å². The molecule has 2 atom stereocenters. The van der Waals surface area contributed by atoms with E-state index < -0.39 is 32.0 Å². The fraction of sp³-hybridized carbons (Fsp3) is 0. The van der Waals surface area contributed by atoms with Crippen LogP contribution < -0.4 is 0 Å². The van der Waals surface area contributed by atoms with Crippen LogP contribution in [0, 0.1) is 0 Å². The van der Waals surface area contributed by atoms with Gasteiger partial charge >= 0.3 is 0 Å². The van der Waals surface area contributed by atoms with Gasteiger partial charge in [-0.2, -0.15) is 0 Å². The highest BCUT2D eigenvalue weighted by Crippen LogP contribution is 2.29. The molecule has 0 amide bonds. The summed E-state index contributed by atoms with van der Waals surface area (Å²) in [6.45, 7) is 0. The predicted molar refractivity (Wildman–Crippen MR) is 82.7 cm³/mol.